The second-order valence-electron chi connectivity index (χ2n) is 11.6. The highest BCUT2D eigenvalue weighted by molar-refractivity contribution is 6.92. The number of benzene rings is 2. The minimum absolute atomic E-state index is 0.132. The smallest absolute Gasteiger partial charge is 0.388 e. The van der Waals surface area contributed by atoms with Crippen LogP contribution in [0.5, 0.6) is 0 Å². The number of hydrogen-bond donors (Lipinski definition) is 0. The molecule has 1 atom stereocenters. The van der Waals surface area contributed by atoms with Gasteiger partial charge in [-0.15, -0.1) is 0 Å². The van der Waals surface area contributed by atoms with Crippen LogP contribution in [0, 0.1) is 5.92 Å². The van der Waals surface area contributed by atoms with Crippen molar-refractivity contribution in [2.24, 2.45) is 5.92 Å². The molecule has 3 heteroatoms. The highest BCUT2D eigenvalue weighted by Crippen LogP contribution is 2.18. The Hall–Kier alpha value is -1.42. The quantitative estimate of drug-likeness (QED) is 0.104. The van der Waals surface area contributed by atoms with Crippen LogP contribution < -0.4 is 10.4 Å². The molecule has 0 aliphatic carbocycles. The van der Waals surface area contributed by atoms with Crippen molar-refractivity contribution in [1.82, 2.24) is 0 Å². The molecule has 0 aromatic heterocycles. The summed E-state index contributed by atoms with van der Waals surface area (Å²) in [5.41, 5.74) is 0. The van der Waals surface area contributed by atoms with Crippen LogP contribution in [0.4, 0.5) is 0 Å². The molecule has 0 heterocycles. The van der Waals surface area contributed by atoms with Crippen molar-refractivity contribution in [3.8, 4) is 0 Å². The molecule has 2 aromatic carbocycles. The van der Waals surface area contributed by atoms with Crippen LogP contribution in [0.25, 0.3) is 0 Å². The Morgan fingerprint density at radius 1 is 0.526 bits per heavy atom. The molecule has 0 aliphatic heterocycles. The lowest BCUT2D eigenvalue weighted by atomic mass is 10.0. The normalized spacial score (nSPS) is 12.8. The van der Waals surface area contributed by atoms with Gasteiger partial charge >= 0.3 is 8.56 Å². The van der Waals surface area contributed by atoms with Gasteiger partial charge in [0.25, 0.3) is 0 Å². The van der Waals surface area contributed by atoms with E-state index in [0.717, 1.165) is 13.0 Å². The van der Waals surface area contributed by atoms with Gasteiger partial charge in [0.1, 0.15) is 0 Å². The highest BCUT2D eigenvalue weighted by Gasteiger charge is 2.44. The average Bonchev–Trinajstić information content (AvgIpc) is 2.94. The summed E-state index contributed by atoms with van der Waals surface area (Å²) in [5, 5.41) is 2.41. The van der Waals surface area contributed by atoms with Crippen molar-refractivity contribution in [3.63, 3.8) is 0 Å². The van der Waals surface area contributed by atoms with Crippen LogP contribution >= 0.6 is 0 Å². The number of unbranched alkanes of at least 4 members (excludes halogenated alkanes) is 15. The maximum atomic E-state index is 6.92. The molecular weight excluding hydrogens is 480 g/mol. The molecule has 0 saturated carbocycles. The molecule has 214 valence electrons. The van der Waals surface area contributed by atoms with E-state index in [1.807, 2.05) is 0 Å². The van der Waals surface area contributed by atoms with Crippen LogP contribution in [-0.4, -0.2) is 21.3 Å². The molecule has 0 amide bonds. The Labute approximate surface area is 237 Å². The third-order valence-corrected chi connectivity index (χ3v) is 11.4. The zero-order valence-electron chi connectivity index (χ0n) is 25.3. The summed E-state index contributed by atoms with van der Waals surface area (Å²) in [6.07, 6.45) is 22.3. The fourth-order valence-corrected chi connectivity index (χ4v) is 8.58. The van der Waals surface area contributed by atoms with E-state index in [9.17, 15) is 0 Å². The Bertz CT molecular complexity index is 753. The first-order chi connectivity index (χ1) is 18.6. The summed E-state index contributed by atoms with van der Waals surface area (Å²) < 4.78 is 13.8. The maximum Gasteiger partial charge on any atom is 0.407 e. The van der Waals surface area contributed by atoms with E-state index in [1.165, 1.54) is 107 Å². The van der Waals surface area contributed by atoms with Gasteiger partial charge < -0.3 is 8.85 Å². The second-order valence-corrected chi connectivity index (χ2v) is 14.5. The van der Waals surface area contributed by atoms with Crippen LogP contribution in [0.15, 0.2) is 60.7 Å². The molecule has 0 radical (unpaired) electrons. The van der Waals surface area contributed by atoms with Gasteiger partial charge in [-0.3, -0.25) is 0 Å². The predicted octanol–water partition coefficient (Wildman–Crippen LogP) is 9.58. The first kappa shape index (κ1) is 32.8. The van der Waals surface area contributed by atoms with E-state index in [4.69, 9.17) is 8.85 Å². The summed E-state index contributed by atoms with van der Waals surface area (Å²) in [5.74, 6) is 0.438. The molecule has 1 unspecified atom stereocenters. The lowest BCUT2D eigenvalue weighted by Gasteiger charge is -2.35. The molecule has 2 nitrogen and oxygen atoms in total. The average molecular weight is 539 g/mol. The molecule has 38 heavy (non-hydrogen) atoms. The van der Waals surface area contributed by atoms with E-state index in [1.54, 1.807) is 0 Å². The Morgan fingerprint density at radius 2 is 0.895 bits per heavy atom. The fourth-order valence-electron chi connectivity index (χ4n) is 5.08. The van der Waals surface area contributed by atoms with Crippen molar-refractivity contribution < 1.29 is 8.85 Å². The third kappa shape index (κ3) is 12.6. The van der Waals surface area contributed by atoms with Gasteiger partial charge in [-0.05, 0) is 29.6 Å². The lowest BCUT2D eigenvalue weighted by Crippen LogP contribution is -2.65. The van der Waals surface area contributed by atoms with Gasteiger partial charge in [-0.1, -0.05) is 178 Å². The molecule has 2 rings (SSSR count). The van der Waals surface area contributed by atoms with Crippen LogP contribution in [0.3, 0.4) is 0 Å². The van der Waals surface area contributed by atoms with Gasteiger partial charge in [-0.2, -0.15) is 0 Å². The number of hydrogen-bond acceptors (Lipinski definition) is 2. The van der Waals surface area contributed by atoms with Crippen molar-refractivity contribution in [3.05, 3.63) is 60.7 Å². The highest BCUT2D eigenvalue weighted by atomic mass is 28.4. The molecule has 0 spiro atoms. The lowest BCUT2D eigenvalue weighted by molar-refractivity contribution is 0.109. The van der Waals surface area contributed by atoms with Gasteiger partial charge in [-0.25, -0.2) is 0 Å². The van der Waals surface area contributed by atoms with Gasteiger partial charge in [0.15, 0.2) is 0 Å². The summed E-state index contributed by atoms with van der Waals surface area (Å²) in [6.45, 7) is 9.71. The molecule has 0 aliphatic rings. The summed E-state index contributed by atoms with van der Waals surface area (Å²) in [4.78, 5) is 0. The van der Waals surface area contributed by atoms with Crippen molar-refractivity contribution in [2.75, 3.05) is 6.61 Å². The zero-order chi connectivity index (χ0) is 27.3. The van der Waals surface area contributed by atoms with Crippen molar-refractivity contribution in [2.45, 2.75) is 137 Å². The fraction of sp³-hybridized carbons (Fsp3) is 0.657. The zero-order valence-corrected chi connectivity index (χ0v) is 26.3. The van der Waals surface area contributed by atoms with E-state index >= 15 is 0 Å². The van der Waals surface area contributed by atoms with Crippen molar-refractivity contribution in [1.29, 1.82) is 0 Å². The van der Waals surface area contributed by atoms with Crippen LogP contribution in [-0.2, 0) is 8.85 Å². The van der Waals surface area contributed by atoms with Gasteiger partial charge in [0.05, 0.1) is 0 Å². The largest absolute Gasteiger partial charge is 0.407 e. The second kappa shape index (κ2) is 20.5. The monoisotopic (exact) mass is 538 g/mol. The van der Waals surface area contributed by atoms with Gasteiger partial charge in [0, 0.05) is 12.7 Å². The number of rotatable bonds is 23. The van der Waals surface area contributed by atoms with E-state index in [-0.39, 0.29) is 6.10 Å². The van der Waals surface area contributed by atoms with E-state index in [2.05, 4.69) is 88.4 Å². The van der Waals surface area contributed by atoms with Crippen LogP contribution in [0.2, 0.25) is 0 Å². The Balaban J connectivity index is 1.70. The Morgan fingerprint density at radius 3 is 1.26 bits per heavy atom. The molecule has 2 aromatic rings. The molecular formula is C35H58O2Si. The first-order valence-corrected chi connectivity index (χ1v) is 17.8. The topological polar surface area (TPSA) is 18.5 Å². The molecule has 0 N–H and O–H groups in total. The Kier molecular flexibility index (Phi) is 17.7. The van der Waals surface area contributed by atoms with Crippen molar-refractivity contribution >= 4 is 18.9 Å². The summed E-state index contributed by atoms with van der Waals surface area (Å²) >= 11 is 0. The minimum atomic E-state index is -2.78. The third-order valence-electron chi connectivity index (χ3n) is 7.90. The van der Waals surface area contributed by atoms with E-state index < -0.39 is 8.56 Å². The van der Waals surface area contributed by atoms with Gasteiger partial charge in [0.2, 0.25) is 0 Å². The van der Waals surface area contributed by atoms with Crippen LogP contribution in [0.1, 0.15) is 130 Å². The van der Waals surface area contributed by atoms with E-state index in [0.29, 0.717) is 5.92 Å². The summed E-state index contributed by atoms with van der Waals surface area (Å²) in [6, 6.07) is 21.4. The summed E-state index contributed by atoms with van der Waals surface area (Å²) in [7, 11) is -2.78. The maximum absolute atomic E-state index is 6.92. The molecule has 0 fully saturated rings. The SMILES string of the molecule is CCCCCCCCCCCCCCCCCCO[Si](OC(C)C(C)C)(c1ccccc1)c1ccccc1. The molecule has 0 saturated heterocycles. The standard InChI is InChI=1S/C35H58O2Si/c1-5-6-7-8-9-10-11-12-13-14-15-16-17-18-19-26-31-36-38(37-33(4)32(2)3,34-27-22-20-23-28-34)35-29-24-21-25-30-35/h20-25,27-30,32-33H,5-19,26,31H2,1-4H3. The minimum Gasteiger partial charge on any atom is -0.388 e. The molecule has 0 bridgehead atoms. The first-order valence-electron chi connectivity index (χ1n) is 16.0. The predicted molar refractivity (Wildman–Crippen MR) is 169 cm³/mol.